The Labute approximate surface area is 160 Å². The van der Waals surface area contributed by atoms with Crippen molar-refractivity contribution >= 4 is 23.6 Å². The van der Waals surface area contributed by atoms with Gasteiger partial charge in [-0.1, -0.05) is 42.5 Å². The first-order valence-corrected chi connectivity index (χ1v) is 9.35. The van der Waals surface area contributed by atoms with Gasteiger partial charge in [0.2, 0.25) is 5.96 Å². The number of hydrogen-bond acceptors (Lipinski definition) is 2. The topological polar surface area (TPSA) is 36.4 Å². The minimum Gasteiger partial charge on any atom is -0.324 e. The Morgan fingerprint density at radius 1 is 0.889 bits per heavy atom. The number of aliphatic imine (C=N–C) groups is 1. The standard InChI is InChI=1S/C21H17F2N3S/c22-17-8-3-5-14(12-17)11-15-7-4-10-19-20(15)25-21(26-27-19)24-13-16-6-1-2-9-18(16)23/h1-10,12H,11,13H2,(H2,24,25,26). The molecule has 0 bridgehead atoms. The highest BCUT2D eigenvalue weighted by atomic mass is 32.2. The molecule has 27 heavy (non-hydrogen) atoms. The highest BCUT2D eigenvalue weighted by molar-refractivity contribution is 7.98. The maximum atomic E-state index is 13.8. The zero-order valence-electron chi connectivity index (χ0n) is 14.4. The fourth-order valence-electron chi connectivity index (χ4n) is 2.93. The van der Waals surface area contributed by atoms with E-state index in [1.165, 1.54) is 24.1 Å². The molecule has 1 aliphatic rings. The van der Waals surface area contributed by atoms with Crippen LogP contribution < -0.4 is 10.0 Å². The molecule has 4 rings (SSSR count). The fourth-order valence-corrected chi connectivity index (χ4v) is 3.68. The van der Waals surface area contributed by atoms with Gasteiger partial charge in [0.25, 0.3) is 0 Å². The summed E-state index contributed by atoms with van der Waals surface area (Å²) < 4.78 is 30.4. The highest BCUT2D eigenvalue weighted by Crippen LogP contribution is 2.33. The molecule has 136 valence electrons. The van der Waals surface area contributed by atoms with Crippen LogP contribution in [-0.2, 0) is 13.0 Å². The summed E-state index contributed by atoms with van der Waals surface area (Å²) in [6, 6.07) is 19.2. The Bertz CT molecular complexity index is 1000. The summed E-state index contributed by atoms with van der Waals surface area (Å²) in [4.78, 5) is 5.48. The van der Waals surface area contributed by atoms with E-state index >= 15 is 0 Å². The van der Waals surface area contributed by atoms with E-state index < -0.39 is 0 Å². The lowest BCUT2D eigenvalue weighted by Crippen LogP contribution is -2.30. The lowest BCUT2D eigenvalue weighted by Gasteiger charge is -2.23. The predicted molar refractivity (Wildman–Crippen MR) is 106 cm³/mol. The molecule has 0 radical (unpaired) electrons. The van der Waals surface area contributed by atoms with Gasteiger partial charge in [0.05, 0.1) is 17.1 Å². The molecule has 0 saturated heterocycles. The lowest BCUT2D eigenvalue weighted by atomic mass is 10.0. The molecule has 3 aromatic carbocycles. The molecular weight excluding hydrogens is 364 g/mol. The minimum absolute atomic E-state index is 0.240. The van der Waals surface area contributed by atoms with Gasteiger partial charge in [-0.2, -0.15) is 0 Å². The predicted octanol–water partition coefficient (Wildman–Crippen LogP) is 5.13. The van der Waals surface area contributed by atoms with Crippen LogP contribution in [0.25, 0.3) is 0 Å². The summed E-state index contributed by atoms with van der Waals surface area (Å²) >= 11 is 1.45. The Hall–Kier alpha value is -2.86. The third-order valence-electron chi connectivity index (χ3n) is 4.26. The minimum atomic E-state index is -0.266. The zero-order valence-corrected chi connectivity index (χ0v) is 15.2. The van der Waals surface area contributed by atoms with Crippen LogP contribution in [0.5, 0.6) is 0 Å². The lowest BCUT2D eigenvalue weighted by molar-refractivity contribution is 0.611. The average molecular weight is 381 g/mol. The fraction of sp³-hybridized carbons (Fsp3) is 0.0952. The Morgan fingerprint density at radius 3 is 2.56 bits per heavy atom. The van der Waals surface area contributed by atoms with Gasteiger partial charge in [0.1, 0.15) is 11.6 Å². The molecule has 1 aliphatic heterocycles. The van der Waals surface area contributed by atoms with Crippen molar-refractivity contribution in [2.45, 2.75) is 17.9 Å². The maximum absolute atomic E-state index is 13.8. The van der Waals surface area contributed by atoms with E-state index in [2.05, 4.69) is 15.0 Å². The molecule has 0 fully saturated rings. The number of rotatable bonds is 4. The average Bonchev–Trinajstić information content (AvgIpc) is 2.68. The van der Waals surface area contributed by atoms with E-state index in [1.807, 2.05) is 24.3 Å². The van der Waals surface area contributed by atoms with Crippen molar-refractivity contribution in [1.29, 1.82) is 0 Å². The first-order valence-electron chi connectivity index (χ1n) is 8.53. The number of nitrogens with zero attached hydrogens (tertiary/aromatic N) is 1. The number of nitrogens with one attached hydrogen (secondary N) is 2. The van der Waals surface area contributed by atoms with Gasteiger partial charge in [-0.3, -0.25) is 4.72 Å². The molecule has 0 saturated carbocycles. The van der Waals surface area contributed by atoms with Crippen molar-refractivity contribution in [2.24, 2.45) is 4.99 Å². The molecule has 0 aromatic heterocycles. The highest BCUT2D eigenvalue weighted by Gasteiger charge is 2.17. The molecule has 0 spiro atoms. The number of hydrogen-bond donors (Lipinski definition) is 2. The molecule has 0 atom stereocenters. The first kappa shape index (κ1) is 17.5. The molecule has 0 unspecified atom stereocenters. The normalized spacial score (nSPS) is 14.4. The summed E-state index contributed by atoms with van der Waals surface area (Å²) in [6.45, 7) is 0.240. The molecule has 0 aliphatic carbocycles. The summed E-state index contributed by atoms with van der Waals surface area (Å²) in [5.74, 6) is 0.0633. The molecule has 1 heterocycles. The number of guanidine groups is 1. The van der Waals surface area contributed by atoms with Crippen LogP contribution >= 0.6 is 11.9 Å². The van der Waals surface area contributed by atoms with Crippen molar-refractivity contribution in [3.63, 3.8) is 0 Å². The molecule has 3 aromatic rings. The van der Waals surface area contributed by atoms with Gasteiger partial charge in [-0.15, -0.1) is 0 Å². The largest absolute Gasteiger partial charge is 0.324 e. The number of anilines is 1. The Kier molecular flexibility index (Phi) is 5.07. The van der Waals surface area contributed by atoms with Gasteiger partial charge in [0, 0.05) is 5.56 Å². The SMILES string of the molecule is Fc1cccc(Cc2cccc3c2NC(=NCc2ccccc2F)NS3)c1. The van der Waals surface area contributed by atoms with Crippen LogP contribution in [0.4, 0.5) is 14.5 Å². The van der Waals surface area contributed by atoms with Gasteiger partial charge in [-0.05, 0) is 53.8 Å². The van der Waals surface area contributed by atoms with Gasteiger partial charge >= 0.3 is 0 Å². The maximum Gasteiger partial charge on any atom is 0.206 e. The number of halogens is 2. The van der Waals surface area contributed by atoms with Gasteiger partial charge < -0.3 is 5.32 Å². The van der Waals surface area contributed by atoms with Crippen molar-refractivity contribution in [3.05, 3.63) is 95.1 Å². The van der Waals surface area contributed by atoms with E-state index in [-0.39, 0.29) is 18.2 Å². The number of benzene rings is 3. The van der Waals surface area contributed by atoms with Crippen LogP contribution in [0, 0.1) is 11.6 Å². The smallest absolute Gasteiger partial charge is 0.206 e. The number of para-hydroxylation sites is 1. The van der Waals surface area contributed by atoms with Crippen molar-refractivity contribution in [1.82, 2.24) is 4.72 Å². The van der Waals surface area contributed by atoms with Crippen LogP contribution in [0.2, 0.25) is 0 Å². The summed E-state index contributed by atoms with van der Waals surface area (Å²) in [6.07, 6.45) is 0.606. The van der Waals surface area contributed by atoms with Crippen molar-refractivity contribution < 1.29 is 8.78 Å². The summed E-state index contributed by atoms with van der Waals surface area (Å²) in [5, 5.41) is 3.29. The van der Waals surface area contributed by atoms with E-state index in [9.17, 15) is 8.78 Å². The van der Waals surface area contributed by atoms with E-state index in [1.54, 1.807) is 30.3 Å². The van der Waals surface area contributed by atoms with Gasteiger partial charge in [-0.25, -0.2) is 13.8 Å². The quantitative estimate of drug-likeness (QED) is 0.615. The molecule has 0 amide bonds. The van der Waals surface area contributed by atoms with E-state index in [4.69, 9.17) is 0 Å². The van der Waals surface area contributed by atoms with Gasteiger partial charge in [0.15, 0.2) is 0 Å². The monoisotopic (exact) mass is 381 g/mol. The summed E-state index contributed by atoms with van der Waals surface area (Å²) in [7, 11) is 0. The molecule has 6 heteroatoms. The summed E-state index contributed by atoms with van der Waals surface area (Å²) in [5.41, 5.74) is 3.43. The van der Waals surface area contributed by atoms with Crippen LogP contribution in [-0.4, -0.2) is 5.96 Å². The Morgan fingerprint density at radius 2 is 1.70 bits per heavy atom. The van der Waals surface area contributed by atoms with Crippen molar-refractivity contribution in [3.8, 4) is 0 Å². The second-order valence-corrected chi connectivity index (χ2v) is 7.03. The third kappa shape index (κ3) is 4.11. The second-order valence-electron chi connectivity index (χ2n) is 6.18. The second kappa shape index (κ2) is 7.80. The zero-order chi connectivity index (χ0) is 18.6. The van der Waals surface area contributed by atoms with E-state index in [0.29, 0.717) is 17.9 Å². The van der Waals surface area contributed by atoms with Crippen LogP contribution in [0.3, 0.4) is 0 Å². The molecule has 3 nitrogen and oxygen atoms in total. The van der Waals surface area contributed by atoms with Crippen LogP contribution in [0.15, 0.2) is 76.6 Å². The molecule has 2 N–H and O–H groups in total. The first-order chi connectivity index (χ1) is 13.2. The van der Waals surface area contributed by atoms with Crippen LogP contribution in [0.1, 0.15) is 16.7 Å². The Balaban J connectivity index is 1.56. The number of fused-ring (bicyclic) bond motifs is 1. The van der Waals surface area contributed by atoms with E-state index in [0.717, 1.165) is 21.7 Å². The third-order valence-corrected chi connectivity index (χ3v) is 5.12. The van der Waals surface area contributed by atoms with Crippen molar-refractivity contribution in [2.75, 3.05) is 5.32 Å². The molecular formula is C21H17F2N3S.